The third-order valence-corrected chi connectivity index (χ3v) is 6.24. The molecule has 1 aliphatic heterocycles. The number of anilines is 3. The van der Waals surface area contributed by atoms with E-state index in [0.717, 1.165) is 11.3 Å². The van der Waals surface area contributed by atoms with Crippen molar-refractivity contribution in [2.75, 3.05) is 28.1 Å². The molecule has 1 aromatic carbocycles. The van der Waals surface area contributed by atoms with Crippen LogP contribution in [-0.2, 0) is 19.6 Å². The van der Waals surface area contributed by atoms with Gasteiger partial charge in [0.25, 0.3) is 15.9 Å². The van der Waals surface area contributed by atoms with Crippen molar-refractivity contribution in [1.82, 2.24) is 9.97 Å². The fourth-order valence-corrected chi connectivity index (χ4v) is 4.49. The lowest BCUT2D eigenvalue weighted by molar-refractivity contribution is -0.123. The maximum absolute atomic E-state index is 12.4. The molecule has 2 aromatic heterocycles. The van der Waals surface area contributed by atoms with Gasteiger partial charge in [-0.1, -0.05) is 0 Å². The van der Waals surface area contributed by atoms with Gasteiger partial charge in [0.2, 0.25) is 5.91 Å². The Bertz CT molecular complexity index is 1180. The van der Waals surface area contributed by atoms with Crippen LogP contribution in [0.1, 0.15) is 0 Å². The van der Waals surface area contributed by atoms with E-state index >= 15 is 0 Å². The van der Waals surface area contributed by atoms with Crippen LogP contribution in [0, 0.1) is 0 Å². The van der Waals surface area contributed by atoms with Crippen LogP contribution in [0.25, 0.3) is 0 Å². The molecule has 0 spiro atoms. The minimum Gasteiger partial charge on any atom is -0.480 e. The molecule has 1 aliphatic rings. The van der Waals surface area contributed by atoms with Gasteiger partial charge in [0.05, 0.1) is 4.90 Å². The van der Waals surface area contributed by atoms with Gasteiger partial charge in [0, 0.05) is 23.5 Å². The van der Waals surface area contributed by atoms with Gasteiger partial charge < -0.3 is 10.1 Å². The Morgan fingerprint density at radius 2 is 1.97 bits per heavy atom. The molecule has 2 amide bonds. The van der Waals surface area contributed by atoms with Gasteiger partial charge >= 0.3 is 0 Å². The molecule has 10 nitrogen and oxygen atoms in total. The highest BCUT2D eigenvalue weighted by atomic mass is 32.2. The second kappa shape index (κ2) is 8.08. The number of ether oxygens (including phenoxy) is 1. The predicted octanol–water partition coefficient (Wildman–Crippen LogP) is 1.70. The number of sulfonamides is 1. The molecule has 30 heavy (non-hydrogen) atoms. The molecule has 12 heteroatoms. The molecular weight excluding hydrogens is 430 g/mol. The first-order chi connectivity index (χ1) is 14.4. The van der Waals surface area contributed by atoms with Crippen molar-refractivity contribution >= 4 is 49.8 Å². The van der Waals surface area contributed by atoms with E-state index < -0.39 is 15.9 Å². The van der Waals surface area contributed by atoms with Crippen molar-refractivity contribution in [3.63, 3.8) is 0 Å². The fraction of sp³-hybridized carbons (Fsp3) is 0.111. The molecule has 4 rings (SSSR count). The van der Waals surface area contributed by atoms with Gasteiger partial charge in [-0.15, -0.1) is 11.3 Å². The molecule has 3 aromatic rings. The zero-order valence-electron chi connectivity index (χ0n) is 15.3. The van der Waals surface area contributed by atoms with Crippen molar-refractivity contribution in [2.45, 2.75) is 4.90 Å². The van der Waals surface area contributed by atoms with Gasteiger partial charge in [-0.2, -0.15) is 0 Å². The second-order valence-electron chi connectivity index (χ2n) is 6.11. The number of fused-ring (bicyclic) bond motifs is 1. The zero-order chi connectivity index (χ0) is 21.1. The Labute approximate surface area is 175 Å². The summed E-state index contributed by atoms with van der Waals surface area (Å²) in [4.78, 5) is 33.8. The Morgan fingerprint density at radius 1 is 1.17 bits per heavy atom. The minimum absolute atomic E-state index is 0.0252. The smallest absolute Gasteiger partial charge is 0.266 e. The summed E-state index contributed by atoms with van der Waals surface area (Å²) in [5.41, 5.74) is 0.384. The number of hydrogen-bond donors (Lipinski definition) is 2. The first-order valence-corrected chi connectivity index (χ1v) is 11.0. The Kier molecular flexibility index (Phi) is 5.33. The number of pyridine rings is 1. The molecule has 0 atom stereocenters. The largest absolute Gasteiger partial charge is 0.480 e. The lowest BCUT2D eigenvalue weighted by Crippen LogP contribution is -2.43. The average molecular weight is 445 g/mol. The monoisotopic (exact) mass is 445 g/mol. The van der Waals surface area contributed by atoms with E-state index in [1.54, 1.807) is 17.5 Å². The number of hydrogen-bond acceptors (Lipinski definition) is 8. The van der Waals surface area contributed by atoms with Gasteiger partial charge in [0.15, 0.2) is 23.3 Å². The summed E-state index contributed by atoms with van der Waals surface area (Å²) >= 11 is 1.16. The molecule has 0 fully saturated rings. The van der Waals surface area contributed by atoms with Crippen LogP contribution in [0.3, 0.4) is 0 Å². The first-order valence-electron chi connectivity index (χ1n) is 8.63. The molecular formula is C18H15N5O5S2. The summed E-state index contributed by atoms with van der Waals surface area (Å²) in [5, 5.41) is 4.55. The van der Waals surface area contributed by atoms with Crippen LogP contribution in [-0.4, -0.2) is 43.4 Å². The predicted molar refractivity (Wildman–Crippen MR) is 110 cm³/mol. The van der Waals surface area contributed by atoms with E-state index in [-0.39, 0.29) is 34.9 Å². The van der Waals surface area contributed by atoms with Crippen LogP contribution in [0.2, 0.25) is 0 Å². The van der Waals surface area contributed by atoms with Gasteiger partial charge in [-0.3, -0.25) is 19.2 Å². The maximum atomic E-state index is 12.4. The van der Waals surface area contributed by atoms with Crippen LogP contribution in [0.5, 0.6) is 5.75 Å². The number of thiazole rings is 1. The Balaban J connectivity index is 1.42. The number of carbonyl (C=O) groups is 2. The normalized spacial score (nSPS) is 13.3. The lowest BCUT2D eigenvalue weighted by Gasteiger charge is -2.27. The summed E-state index contributed by atoms with van der Waals surface area (Å²) in [5.74, 6) is -0.143. The summed E-state index contributed by atoms with van der Waals surface area (Å²) < 4.78 is 32.4. The highest BCUT2D eigenvalue weighted by Gasteiger charge is 2.28. The zero-order valence-corrected chi connectivity index (χ0v) is 16.9. The molecule has 0 radical (unpaired) electrons. The highest BCUT2D eigenvalue weighted by Crippen LogP contribution is 2.28. The fourth-order valence-electron chi connectivity index (χ4n) is 2.71. The third-order valence-electron chi connectivity index (χ3n) is 4.06. The van der Waals surface area contributed by atoms with Gasteiger partial charge in [-0.05, 0) is 36.4 Å². The van der Waals surface area contributed by atoms with Crippen LogP contribution in [0.15, 0.2) is 59.1 Å². The Morgan fingerprint density at radius 3 is 2.70 bits per heavy atom. The summed E-state index contributed by atoms with van der Waals surface area (Å²) in [7, 11) is -3.78. The van der Waals surface area contributed by atoms with E-state index in [1.807, 2.05) is 0 Å². The van der Waals surface area contributed by atoms with Gasteiger partial charge in [-0.25, -0.2) is 18.4 Å². The van der Waals surface area contributed by atoms with Gasteiger partial charge in [0.1, 0.15) is 6.54 Å². The topological polar surface area (TPSA) is 131 Å². The third kappa shape index (κ3) is 4.23. The number of carbonyl (C=O) groups excluding carboxylic acids is 2. The molecule has 2 N–H and O–H groups in total. The first kappa shape index (κ1) is 19.8. The van der Waals surface area contributed by atoms with E-state index in [0.29, 0.717) is 11.4 Å². The number of amides is 2. The van der Waals surface area contributed by atoms with Crippen molar-refractivity contribution in [1.29, 1.82) is 0 Å². The Hall–Kier alpha value is -3.51. The van der Waals surface area contributed by atoms with Crippen molar-refractivity contribution in [3.8, 4) is 5.75 Å². The van der Waals surface area contributed by atoms with E-state index in [1.165, 1.54) is 41.6 Å². The highest BCUT2D eigenvalue weighted by molar-refractivity contribution is 7.93. The van der Waals surface area contributed by atoms with Crippen molar-refractivity contribution in [3.05, 3.63) is 54.2 Å². The molecule has 154 valence electrons. The number of benzene rings is 1. The molecule has 0 unspecified atom stereocenters. The van der Waals surface area contributed by atoms with Crippen LogP contribution < -0.4 is 19.7 Å². The van der Waals surface area contributed by atoms with Crippen LogP contribution in [0.4, 0.5) is 16.6 Å². The summed E-state index contributed by atoms with van der Waals surface area (Å²) in [6.07, 6.45) is 3.00. The summed E-state index contributed by atoms with van der Waals surface area (Å²) in [6, 6.07) is 8.98. The van der Waals surface area contributed by atoms with E-state index in [2.05, 4.69) is 20.0 Å². The molecule has 0 bridgehead atoms. The second-order valence-corrected chi connectivity index (χ2v) is 8.69. The van der Waals surface area contributed by atoms with Crippen molar-refractivity contribution < 1.29 is 22.7 Å². The molecule has 3 heterocycles. The maximum Gasteiger partial charge on any atom is 0.266 e. The summed E-state index contributed by atoms with van der Waals surface area (Å²) in [6.45, 7) is -0.428. The van der Waals surface area contributed by atoms with E-state index in [4.69, 9.17) is 4.74 Å². The van der Waals surface area contributed by atoms with Crippen LogP contribution >= 0.6 is 11.3 Å². The lowest BCUT2D eigenvalue weighted by atomic mass is 10.3. The van der Waals surface area contributed by atoms with E-state index in [9.17, 15) is 18.0 Å². The number of nitrogens with one attached hydrogen (secondary N) is 2. The quantitative estimate of drug-likeness (QED) is 0.590. The molecule has 0 saturated heterocycles. The number of aromatic nitrogens is 2. The SMILES string of the molecule is O=C(CN1C(=O)COc2cccnc21)Nc1ccc(S(=O)(=O)Nc2nccs2)cc1. The molecule has 0 aliphatic carbocycles. The average Bonchev–Trinajstić information content (AvgIpc) is 3.23. The number of nitrogens with zero attached hydrogens (tertiary/aromatic N) is 3. The molecule has 0 saturated carbocycles. The van der Waals surface area contributed by atoms with Crippen molar-refractivity contribution in [2.24, 2.45) is 0 Å². The number of rotatable bonds is 6. The minimum atomic E-state index is -3.78. The standard InChI is InChI=1S/C18H15N5O5S2/c24-15(10-23-16(25)11-28-14-2-1-7-19-17(14)23)21-12-3-5-13(6-4-12)30(26,27)22-18-20-8-9-29-18/h1-9H,10-11H2,(H,20,22)(H,21,24).